The number of aryl methyl sites for hydroxylation is 1. The van der Waals surface area contributed by atoms with Crippen LogP contribution in [0.2, 0.25) is 0 Å². The van der Waals surface area contributed by atoms with Crippen LogP contribution < -0.4 is 4.72 Å². The number of benzene rings is 1. The molecule has 6 nitrogen and oxygen atoms in total. The molecule has 0 unspecified atom stereocenters. The van der Waals surface area contributed by atoms with E-state index >= 15 is 0 Å². The molecule has 2 aromatic heterocycles. The van der Waals surface area contributed by atoms with Crippen LogP contribution >= 0.6 is 0 Å². The fourth-order valence-corrected chi connectivity index (χ4v) is 3.36. The number of hydrogen-bond acceptors (Lipinski definition) is 4. The maximum absolute atomic E-state index is 12.5. The molecular weight excluding hydrogens is 312 g/mol. The first-order chi connectivity index (χ1) is 11.1. The smallest absolute Gasteiger partial charge is 0.244 e. The Morgan fingerprint density at radius 1 is 1.09 bits per heavy atom. The number of nitrogens with zero attached hydrogens (tertiary/aromatic N) is 3. The van der Waals surface area contributed by atoms with Crippen LogP contribution in [0.5, 0.6) is 0 Å². The van der Waals surface area contributed by atoms with Gasteiger partial charge in [-0.05, 0) is 36.8 Å². The Morgan fingerprint density at radius 3 is 2.48 bits per heavy atom. The second-order valence-electron chi connectivity index (χ2n) is 5.04. The zero-order valence-electron chi connectivity index (χ0n) is 12.5. The van der Waals surface area contributed by atoms with Crippen molar-refractivity contribution in [3.05, 3.63) is 72.3 Å². The highest BCUT2D eigenvalue weighted by Crippen LogP contribution is 2.17. The summed E-state index contributed by atoms with van der Waals surface area (Å²) in [6, 6.07) is 12.9. The molecule has 1 aromatic carbocycles. The van der Waals surface area contributed by atoms with Gasteiger partial charge < -0.3 is 0 Å². The molecule has 0 amide bonds. The standard InChI is InChI=1S/C16H16N4O2S/c1-13-16(12-20(19-13)15-5-3-2-4-6-15)23(21,22)18-11-14-7-9-17-10-8-14/h2-10,12,18H,11H2,1H3. The number of hydrogen-bond donors (Lipinski definition) is 1. The van der Waals surface area contributed by atoms with Crippen molar-refractivity contribution >= 4 is 10.0 Å². The molecule has 0 bridgehead atoms. The molecule has 1 N–H and O–H groups in total. The van der Waals surface area contributed by atoms with Gasteiger partial charge in [0, 0.05) is 18.9 Å². The molecule has 0 aliphatic rings. The molecule has 0 radical (unpaired) electrons. The maximum atomic E-state index is 12.5. The summed E-state index contributed by atoms with van der Waals surface area (Å²) in [6.07, 6.45) is 4.78. The van der Waals surface area contributed by atoms with Crippen molar-refractivity contribution < 1.29 is 8.42 Å². The van der Waals surface area contributed by atoms with Crippen molar-refractivity contribution in [1.29, 1.82) is 0 Å². The van der Waals surface area contributed by atoms with Gasteiger partial charge >= 0.3 is 0 Å². The number of nitrogens with one attached hydrogen (secondary N) is 1. The van der Waals surface area contributed by atoms with Gasteiger partial charge in [-0.15, -0.1) is 0 Å². The summed E-state index contributed by atoms with van der Waals surface area (Å²) in [6.45, 7) is 1.89. The monoisotopic (exact) mass is 328 g/mol. The Bertz CT molecular complexity index is 890. The van der Waals surface area contributed by atoms with Gasteiger partial charge in [-0.25, -0.2) is 17.8 Å². The molecule has 0 aliphatic carbocycles. The van der Waals surface area contributed by atoms with Crippen LogP contribution in [0.1, 0.15) is 11.3 Å². The molecule has 3 aromatic rings. The molecule has 3 rings (SSSR count). The predicted molar refractivity (Wildman–Crippen MR) is 86.6 cm³/mol. The number of rotatable bonds is 5. The lowest BCUT2D eigenvalue weighted by molar-refractivity contribution is 0.580. The van der Waals surface area contributed by atoms with Crippen molar-refractivity contribution in [3.8, 4) is 5.69 Å². The molecule has 23 heavy (non-hydrogen) atoms. The average Bonchev–Trinajstić information content (AvgIpc) is 2.98. The highest BCUT2D eigenvalue weighted by Gasteiger charge is 2.20. The minimum atomic E-state index is -3.63. The quantitative estimate of drug-likeness (QED) is 0.778. The summed E-state index contributed by atoms with van der Waals surface area (Å²) in [7, 11) is -3.63. The number of pyridine rings is 1. The van der Waals surface area contributed by atoms with Crippen LogP contribution in [-0.2, 0) is 16.6 Å². The van der Waals surface area contributed by atoms with Crippen LogP contribution in [0.25, 0.3) is 5.69 Å². The lowest BCUT2D eigenvalue weighted by Gasteiger charge is -2.05. The van der Waals surface area contributed by atoms with Gasteiger partial charge in [-0.1, -0.05) is 18.2 Å². The highest BCUT2D eigenvalue weighted by atomic mass is 32.2. The Balaban J connectivity index is 1.84. The third-order valence-electron chi connectivity index (χ3n) is 3.38. The molecule has 0 saturated heterocycles. The van der Waals surface area contributed by atoms with Crippen molar-refractivity contribution in [1.82, 2.24) is 19.5 Å². The van der Waals surface area contributed by atoms with Gasteiger partial charge in [0.25, 0.3) is 0 Å². The van der Waals surface area contributed by atoms with Gasteiger partial charge in [-0.2, -0.15) is 5.10 Å². The molecule has 7 heteroatoms. The van der Waals surface area contributed by atoms with Gasteiger partial charge in [0.2, 0.25) is 10.0 Å². The summed E-state index contributed by atoms with van der Waals surface area (Å²) >= 11 is 0. The first kappa shape index (κ1) is 15.4. The first-order valence-electron chi connectivity index (χ1n) is 7.06. The lowest BCUT2D eigenvalue weighted by Crippen LogP contribution is -2.23. The van der Waals surface area contributed by atoms with Gasteiger partial charge in [0.05, 0.1) is 17.6 Å². The molecule has 0 atom stereocenters. The molecule has 118 valence electrons. The largest absolute Gasteiger partial charge is 0.265 e. The topological polar surface area (TPSA) is 76.9 Å². The van der Waals surface area contributed by atoms with E-state index in [2.05, 4.69) is 14.8 Å². The van der Waals surface area contributed by atoms with E-state index in [1.807, 2.05) is 30.3 Å². The Kier molecular flexibility index (Phi) is 4.22. The van der Waals surface area contributed by atoms with Crippen LogP contribution in [0, 0.1) is 6.92 Å². The lowest BCUT2D eigenvalue weighted by atomic mass is 10.3. The molecular formula is C16H16N4O2S. The maximum Gasteiger partial charge on any atom is 0.244 e. The first-order valence-corrected chi connectivity index (χ1v) is 8.55. The van der Waals surface area contributed by atoms with E-state index in [-0.39, 0.29) is 11.4 Å². The van der Waals surface area contributed by atoms with E-state index in [0.717, 1.165) is 11.3 Å². The van der Waals surface area contributed by atoms with E-state index in [9.17, 15) is 8.42 Å². The van der Waals surface area contributed by atoms with E-state index in [4.69, 9.17) is 0 Å². The molecule has 0 saturated carbocycles. The number of para-hydroxylation sites is 1. The number of aromatic nitrogens is 3. The van der Waals surface area contributed by atoms with Crippen molar-refractivity contribution in [2.24, 2.45) is 0 Å². The van der Waals surface area contributed by atoms with Crippen molar-refractivity contribution in [3.63, 3.8) is 0 Å². The van der Waals surface area contributed by atoms with E-state index in [1.54, 1.807) is 36.1 Å². The predicted octanol–water partition coefficient (Wildman–Crippen LogP) is 2.05. The normalized spacial score (nSPS) is 11.5. The summed E-state index contributed by atoms with van der Waals surface area (Å²) in [4.78, 5) is 4.08. The average molecular weight is 328 g/mol. The third kappa shape index (κ3) is 3.46. The summed E-state index contributed by atoms with van der Waals surface area (Å²) in [5.74, 6) is 0. The minimum Gasteiger partial charge on any atom is -0.265 e. The Labute approximate surface area is 134 Å². The van der Waals surface area contributed by atoms with Crippen LogP contribution in [0.15, 0.2) is 66.0 Å². The summed E-state index contributed by atoms with van der Waals surface area (Å²) < 4.78 is 29.1. The third-order valence-corrected chi connectivity index (χ3v) is 4.88. The molecule has 2 heterocycles. The zero-order chi connectivity index (χ0) is 16.3. The van der Waals surface area contributed by atoms with Crippen LogP contribution in [0.4, 0.5) is 0 Å². The molecule has 0 aliphatic heterocycles. The second kappa shape index (κ2) is 6.31. The fraction of sp³-hybridized carbons (Fsp3) is 0.125. The van der Waals surface area contributed by atoms with Crippen molar-refractivity contribution in [2.45, 2.75) is 18.4 Å². The van der Waals surface area contributed by atoms with Gasteiger partial charge in [-0.3, -0.25) is 4.98 Å². The Morgan fingerprint density at radius 2 is 1.78 bits per heavy atom. The van der Waals surface area contributed by atoms with Gasteiger partial charge in [0.1, 0.15) is 4.90 Å². The molecule has 0 spiro atoms. The highest BCUT2D eigenvalue weighted by molar-refractivity contribution is 7.89. The van der Waals surface area contributed by atoms with Crippen molar-refractivity contribution in [2.75, 3.05) is 0 Å². The summed E-state index contributed by atoms with van der Waals surface area (Å²) in [5.41, 5.74) is 2.11. The minimum absolute atomic E-state index is 0.176. The summed E-state index contributed by atoms with van der Waals surface area (Å²) in [5, 5.41) is 4.29. The molecule has 0 fully saturated rings. The number of sulfonamides is 1. The van der Waals surface area contributed by atoms with E-state index in [0.29, 0.717) is 5.69 Å². The zero-order valence-corrected chi connectivity index (χ0v) is 13.4. The second-order valence-corrected chi connectivity index (χ2v) is 6.77. The SMILES string of the molecule is Cc1nn(-c2ccccc2)cc1S(=O)(=O)NCc1ccncc1. The van der Waals surface area contributed by atoms with Gasteiger partial charge in [0.15, 0.2) is 0 Å². The van der Waals surface area contributed by atoms with Crippen LogP contribution in [-0.4, -0.2) is 23.2 Å². The Hall–Kier alpha value is -2.51. The van der Waals surface area contributed by atoms with E-state index in [1.165, 1.54) is 6.20 Å². The fourth-order valence-electron chi connectivity index (χ4n) is 2.18. The van der Waals surface area contributed by atoms with Crippen LogP contribution in [0.3, 0.4) is 0 Å². The van der Waals surface area contributed by atoms with E-state index < -0.39 is 10.0 Å².